The van der Waals surface area contributed by atoms with Crippen molar-refractivity contribution in [3.63, 3.8) is 0 Å². The molecule has 1 aromatic heterocycles. The lowest BCUT2D eigenvalue weighted by atomic mass is 10.0. The lowest BCUT2D eigenvalue weighted by Gasteiger charge is -2.04. The number of benzene rings is 1. The second-order valence-electron chi connectivity index (χ2n) is 4.43. The first kappa shape index (κ1) is 11.5. The third kappa shape index (κ3) is 2.08. The molecule has 0 saturated heterocycles. The Morgan fingerprint density at radius 2 is 2.26 bits per heavy atom. The van der Waals surface area contributed by atoms with Crippen molar-refractivity contribution in [3.05, 3.63) is 35.7 Å². The molecule has 0 unspecified atom stereocenters. The fourth-order valence-corrected chi connectivity index (χ4v) is 2.24. The number of carboxylic acid groups (broad SMARTS) is 1. The minimum absolute atomic E-state index is 0.0231. The molecule has 3 rings (SSSR count). The number of fused-ring (bicyclic) bond motifs is 1. The number of hydrogen-bond donors (Lipinski definition) is 3. The van der Waals surface area contributed by atoms with Gasteiger partial charge in [0.25, 0.3) is 0 Å². The molecule has 1 aromatic carbocycles. The number of aromatic amines is 1. The largest absolute Gasteiger partial charge is 0.481 e. The molecule has 6 nitrogen and oxygen atoms in total. The van der Waals surface area contributed by atoms with E-state index in [-0.39, 0.29) is 12.3 Å². The highest BCUT2D eigenvalue weighted by molar-refractivity contribution is 5.99. The number of H-pyrrole nitrogens is 1. The van der Waals surface area contributed by atoms with Gasteiger partial charge < -0.3 is 10.4 Å². The summed E-state index contributed by atoms with van der Waals surface area (Å²) in [4.78, 5) is 22.1. The number of anilines is 1. The van der Waals surface area contributed by atoms with Gasteiger partial charge in [0.1, 0.15) is 0 Å². The van der Waals surface area contributed by atoms with E-state index < -0.39 is 5.97 Å². The molecule has 1 aliphatic heterocycles. The van der Waals surface area contributed by atoms with E-state index in [1.165, 1.54) is 0 Å². The Morgan fingerprint density at radius 3 is 3.05 bits per heavy atom. The van der Waals surface area contributed by atoms with Gasteiger partial charge in [0.15, 0.2) is 0 Å². The zero-order valence-electron chi connectivity index (χ0n) is 9.93. The number of nitrogens with zero attached hydrogens (tertiary/aromatic N) is 1. The number of carboxylic acids is 1. The van der Waals surface area contributed by atoms with Crippen molar-refractivity contribution in [2.45, 2.75) is 12.8 Å². The molecule has 1 aliphatic rings. The van der Waals surface area contributed by atoms with Gasteiger partial charge in [-0.15, -0.1) is 0 Å². The topological polar surface area (TPSA) is 95.1 Å². The van der Waals surface area contributed by atoms with Crippen molar-refractivity contribution in [2.24, 2.45) is 0 Å². The standard InChI is InChI=1S/C13H11N3O3/c17-12-4-8-3-7(1-2-10(8)15-12)9-6-14-16-11(9)5-13(18)19/h1-3,6H,4-5H2,(H,14,16)(H,15,17)(H,18,19). The van der Waals surface area contributed by atoms with Crippen LogP contribution in [0.2, 0.25) is 0 Å². The van der Waals surface area contributed by atoms with E-state index in [1.54, 1.807) is 6.20 Å². The van der Waals surface area contributed by atoms with Crippen molar-refractivity contribution >= 4 is 17.6 Å². The van der Waals surface area contributed by atoms with Gasteiger partial charge in [-0.1, -0.05) is 6.07 Å². The fraction of sp³-hybridized carbons (Fsp3) is 0.154. The van der Waals surface area contributed by atoms with Crippen LogP contribution in [0.3, 0.4) is 0 Å². The predicted molar refractivity (Wildman–Crippen MR) is 67.7 cm³/mol. The summed E-state index contributed by atoms with van der Waals surface area (Å²) in [6.45, 7) is 0. The van der Waals surface area contributed by atoms with Crippen molar-refractivity contribution in [3.8, 4) is 11.1 Å². The first-order valence-corrected chi connectivity index (χ1v) is 5.80. The highest BCUT2D eigenvalue weighted by Crippen LogP contribution is 2.30. The van der Waals surface area contributed by atoms with Gasteiger partial charge in [-0.05, 0) is 23.3 Å². The quantitative estimate of drug-likeness (QED) is 0.769. The van der Waals surface area contributed by atoms with Crippen LogP contribution in [0.4, 0.5) is 5.69 Å². The molecular formula is C13H11N3O3. The number of hydrogen-bond acceptors (Lipinski definition) is 3. The smallest absolute Gasteiger partial charge is 0.309 e. The monoisotopic (exact) mass is 257 g/mol. The molecule has 0 spiro atoms. The Labute approximate surface area is 108 Å². The number of nitrogens with one attached hydrogen (secondary N) is 2. The van der Waals surface area contributed by atoms with Crippen LogP contribution in [0.5, 0.6) is 0 Å². The Hall–Kier alpha value is -2.63. The average molecular weight is 257 g/mol. The summed E-state index contributed by atoms with van der Waals surface area (Å²) in [5.41, 5.74) is 3.91. The number of rotatable bonds is 3. The molecular weight excluding hydrogens is 246 g/mol. The molecule has 2 heterocycles. The van der Waals surface area contributed by atoms with Crippen molar-refractivity contribution < 1.29 is 14.7 Å². The summed E-state index contributed by atoms with van der Waals surface area (Å²) in [6, 6.07) is 5.57. The number of aliphatic carboxylic acids is 1. The van der Waals surface area contributed by atoms with Crippen LogP contribution in [0, 0.1) is 0 Å². The minimum Gasteiger partial charge on any atom is -0.481 e. The summed E-state index contributed by atoms with van der Waals surface area (Å²) in [7, 11) is 0. The number of aromatic nitrogens is 2. The average Bonchev–Trinajstić information content (AvgIpc) is 2.92. The lowest BCUT2D eigenvalue weighted by Crippen LogP contribution is -2.03. The second kappa shape index (κ2) is 4.24. The molecule has 0 saturated carbocycles. The highest BCUT2D eigenvalue weighted by atomic mass is 16.4. The molecule has 0 bridgehead atoms. The molecule has 0 atom stereocenters. The van der Waals surface area contributed by atoms with E-state index in [2.05, 4.69) is 15.5 Å². The number of amides is 1. The van der Waals surface area contributed by atoms with Gasteiger partial charge >= 0.3 is 5.97 Å². The zero-order valence-corrected chi connectivity index (χ0v) is 9.93. The van der Waals surface area contributed by atoms with Crippen LogP contribution >= 0.6 is 0 Å². The normalized spacial score (nSPS) is 13.2. The van der Waals surface area contributed by atoms with E-state index in [0.29, 0.717) is 12.1 Å². The summed E-state index contributed by atoms with van der Waals surface area (Å²) in [6.07, 6.45) is 1.85. The summed E-state index contributed by atoms with van der Waals surface area (Å²) < 4.78 is 0. The maximum absolute atomic E-state index is 11.3. The molecule has 2 aromatic rings. The maximum Gasteiger partial charge on any atom is 0.309 e. The Morgan fingerprint density at radius 1 is 1.42 bits per heavy atom. The van der Waals surface area contributed by atoms with Crippen molar-refractivity contribution in [1.82, 2.24) is 10.2 Å². The predicted octanol–water partition coefficient (Wildman–Crippen LogP) is 1.20. The van der Waals surface area contributed by atoms with Crippen LogP contribution in [-0.2, 0) is 22.4 Å². The first-order valence-electron chi connectivity index (χ1n) is 5.80. The molecule has 0 radical (unpaired) electrons. The molecule has 6 heteroatoms. The zero-order chi connectivity index (χ0) is 13.4. The fourth-order valence-electron chi connectivity index (χ4n) is 2.24. The van der Waals surface area contributed by atoms with Gasteiger partial charge in [-0.25, -0.2) is 0 Å². The third-order valence-electron chi connectivity index (χ3n) is 3.09. The SMILES string of the molecule is O=C(O)Cc1[nH]ncc1-c1ccc2c(c1)CC(=O)N2. The van der Waals surface area contributed by atoms with Crippen molar-refractivity contribution in [1.29, 1.82) is 0 Å². The lowest BCUT2D eigenvalue weighted by molar-refractivity contribution is -0.136. The van der Waals surface area contributed by atoms with Crippen molar-refractivity contribution in [2.75, 3.05) is 5.32 Å². The Kier molecular flexibility index (Phi) is 2.56. The number of carbonyl (C=O) groups excluding carboxylic acids is 1. The number of carbonyl (C=O) groups is 2. The van der Waals surface area contributed by atoms with E-state index >= 15 is 0 Å². The maximum atomic E-state index is 11.3. The molecule has 96 valence electrons. The van der Waals surface area contributed by atoms with Gasteiger partial charge in [0.2, 0.25) is 5.91 Å². The Balaban J connectivity index is 1.99. The molecule has 3 N–H and O–H groups in total. The van der Waals surface area contributed by atoms with Gasteiger partial charge in [-0.3, -0.25) is 14.7 Å². The summed E-state index contributed by atoms with van der Waals surface area (Å²) >= 11 is 0. The molecule has 0 aliphatic carbocycles. The molecule has 1 amide bonds. The van der Waals surface area contributed by atoms with Gasteiger partial charge in [0.05, 0.1) is 24.7 Å². The molecule has 0 fully saturated rings. The second-order valence-corrected chi connectivity index (χ2v) is 4.43. The summed E-state index contributed by atoms with van der Waals surface area (Å²) in [5.74, 6) is -0.936. The third-order valence-corrected chi connectivity index (χ3v) is 3.09. The van der Waals surface area contributed by atoms with Crippen LogP contribution < -0.4 is 5.32 Å². The Bertz CT molecular complexity index is 676. The summed E-state index contributed by atoms with van der Waals surface area (Å²) in [5, 5.41) is 18.2. The molecule has 19 heavy (non-hydrogen) atoms. The van der Waals surface area contributed by atoms with E-state index in [4.69, 9.17) is 5.11 Å². The van der Waals surface area contributed by atoms with Crippen LogP contribution in [0.25, 0.3) is 11.1 Å². The van der Waals surface area contributed by atoms with Crippen LogP contribution in [0.15, 0.2) is 24.4 Å². The highest BCUT2D eigenvalue weighted by Gasteiger charge is 2.19. The van der Waals surface area contributed by atoms with E-state index in [9.17, 15) is 9.59 Å². The van der Waals surface area contributed by atoms with Crippen LogP contribution in [-0.4, -0.2) is 27.2 Å². The van der Waals surface area contributed by atoms with E-state index in [0.717, 1.165) is 22.4 Å². The van der Waals surface area contributed by atoms with E-state index in [1.807, 2.05) is 18.2 Å². The van der Waals surface area contributed by atoms with Gasteiger partial charge in [-0.2, -0.15) is 5.10 Å². The van der Waals surface area contributed by atoms with Crippen LogP contribution in [0.1, 0.15) is 11.3 Å². The van der Waals surface area contributed by atoms with Gasteiger partial charge in [0, 0.05) is 11.3 Å². The minimum atomic E-state index is -0.913. The first-order chi connectivity index (χ1) is 9.13.